The number of nitrogens with one attached hydrogen (secondary N) is 1. The molecular formula is C16H10Cl2N2O3. The Morgan fingerprint density at radius 3 is 2.65 bits per heavy atom. The fraction of sp³-hybridized carbons (Fsp3) is 0.0625. The zero-order chi connectivity index (χ0) is 16.4. The summed E-state index contributed by atoms with van der Waals surface area (Å²) in [5.74, 6) is -0.534. The number of rotatable bonds is 3. The lowest BCUT2D eigenvalue weighted by Gasteiger charge is -2.06. The molecule has 1 amide bonds. The van der Waals surface area contributed by atoms with E-state index in [4.69, 9.17) is 27.6 Å². The van der Waals surface area contributed by atoms with E-state index in [0.717, 1.165) is 5.56 Å². The highest BCUT2D eigenvalue weighted by Gasteiger charge is 2.15. The molecule has 2 aromatic heterocycles. The van der Waals surface area contributed by atoms with Crippen LogP contribution in [0.4, 0.5) is 0 Å². The smallest absolute Gasteiger partial charge is 0.349 e. The van der Waals surface area contributed by atoms with Gasteiger partial charge in [-0.2, -0.15) is 0 Å². The molecule has 0 radical (unpaired) electrons. The fourth-order valence-electron chi connectivity index (χ4n) is 2.09. The molecule has 1 aromatic carbocycles. The minimum atomic E-state index is -0.756. The molecule has 0 atom stereocenters. The third kappa shape index (κ3) is 3.36. The van der Waals surface area contributed by atoms with Crippen LogP contribution in [-0.4, -0.2) is 10.9 Å². The van der Waals surface area contributed by atoms with Crippen LogP contribution >= 0.6 is 23.2 Å². The summed E-state index contributed by atoms with van der Waals surface area (Å²) in [6, 6.07) is 8.00. The lowest BCUT2D eigenvalue weighted by molar-refractivity contribution is 0.0947. The second-order valence-corrected chi connectivity index (χ2v) is 5.64. The molecule has 0 aliphatic carbocycles. The van der Waals surface area contributed by atoms with E-state index in [0.29, 0.717) is 10.4 Å². The van der Waals surface area contributed by atoms with Gasteiger partial charge in [-0.3, -0.25) is 9.78 Å². The third-order valence-corrected chi connectivity index (χ3v) is 3.70. The Balaban J connectivity index is 1.91. The minimum Gasteiger partial charge on any atom is -0.421 e. The molecule has 3 aromatic rings. The number of hydrogen-bond acceptors (Lipinski definition) is 4. The van der Waals surface area contributed by atoms with Gasteiger partial charge < -0.3 is 9.73 Å². The average molecular weight is 349 g/mol. The molecule has 1 N–H and O–H groups in total. The molecule has 0 spiro atoms. The van der Waals surface area contributed by atoms with E-state index in [2.05, 4.69) is 10.3 Å². The summed E-state index contributed by atoms with van der Waals surface area (Å²) in [5, 5.41) is 3.74. The van der Waals surface area contributed by atoms with Gasteiger partial charge in [-0.1, -0.05) is 23.2 Å². The van der Waals surface area contributed by atoms with Crippen LogP contribution < -0.4 is 10.9 Å². The number of benzene rings is 1. The van der Waals surface area contributed by atoms with Crippen LogP contribution in [0.3, 0.4) is 0 Å². The van der Waals surface area contributed by atoms with Gasteiger partial charge in [0, 0.05) is 29.3 Å². The zero-order valence-corrected chi connectivity index (χ0v) is 13.2. The minimum absolute atomic E-state index is 0.107. The van der Waals surface area contributed by atoms with Crippen LogP contribution in [-0.2, 0) is 6.54 Å². The lowest BCUT2D eigenvalue weighted by atomic mass is 10.1. The van der Waals surface area contributed by atoms with Gasteiger partial charge >= 0.3 is 5.63 Å². The molecule has 0 unspecified atom stereocenters. The number of carbonyl (C=O) groups is 1. The fourth-order valence-corrected chi connectivity index (χ4v) is 2.64. The van der Waals surface area contributed by atoms with E-state index in [1.165, 1.54) is 12.1 Å². The van der Waals surface area contributed by atoms with Crippen LogP contribution in [0.5, 0.6) is 0 Å². The van der Waals surface area contributed by atoms with E-state index >= 15 is 0 Å². The van der Waals surface area contributed by atoms with Crippen molar-refractivity contribution >= 4 is 40.1 Å². The van der Waals surface area contributed by atoms with Gasteiger partial charge in [0.25, 0.3) is 5.91 Å². The third-order valence-electron chi connectivity index (χ3n) is 3.20. The van der Waals surface area contributed by atoms with Gasteiger partial charge in [-0.25, -0.2) is 4.79 Å². The molecule has 5 nitrogen and oxygen atoms in total. The molecule has 7 heteroatoms. The maximum absolute atomic E-state index is 12.2. The highest BCUT2D eigenvalue weighted by molar-refractivity contribution is 6.38. The Bertz CT molecular complexity index is 939. The van der Waals surface area contributed by atoms with Crippen molar-refractivity contribution < 1.29 is 9.21 Å². The first-order chi connectivity index (χ1) is 11.0. The second-order valence-electron chi connectivity index (χ2n) is 4.79. The molecule has 0 saturated heterocycles. The van der Waals surface area contributed by atoms with Crippen molar-refractivity contribution in [2.75, 3.05) is 0 Å². The second kappa shape index (κ2) is 6.40. The molecule has 116 valence electrons. The summed E-state index contributed by atoms with van der Waals surface area (Å²) in [6.45, 7) is 0.273. The maximum Gasteiger partial charge on any atom is 0.349 e. The van der Waals surface area contributed by atoms with Crippen molar-refractivity contribution in [3.8, 4) is 0 Å². The van der Waals surface area contributed by atoms with E-state index in [1.54, 1.807) is 30.6 Å². The maximum atomic E-state index is 12.2. The Morgan fingerprint density at radius 1 is 1.17 bits per heavy atom. The Labute approximate surface area is 140 Å². The van der Waals surface area contributed by atoms with Gasteiger partial charge in [-0.05, 0) is 35.9 Å². The van der Waals surface area contributed by atoms with Gasteiger partial charge in [0.15, 0.2) is 5.58 Å². The molecule has 0 aliphatic rings. The summed E-state index contributed by atoms with van der Waals surface area (Å²) in [6.07, 6.45) is 3.24. The number of pyridine rings is 1. The predicted molar refractivity (Wildman–Crippen MR) is 87.9 cm³/mol. The van der Waals surface area contributed by atoms with Crippen molar-refractivity contribution in [3.63, 3.8) is 0 Å². The topological polar surface area (TPSA) is 72.2 Å². The molecule has 0 saturated carbocycles. The van der Waals surface area contributed by atoms with Crippen LogP contribution in [0.15, 0.2) is 51.9 Å². The van der Waals surface area contributed by atoms with Gasteiger partial charge in [0.05, 0.1) is 5.02 Å². The average Bonchev–Trinajstić information content (AvgIpc) is 2.54. The molecular weight excluding hydrogens is 339 g/mol. The Kier molecular flexibility index (Phi) is 4.32. The molecule has 0 bridgehead atoms. The quantitative estimate of drug-likeness (QED) is 0.736. The molecule has 0 fully saturated rings. The number of halogens is 2. The number of carbonyl (C=O) groups excluding carboxylic acids is 1. The summed E-state index contributed by atoms with van der Waals surface area (Å²) in [5.41, 5.74) is 0.204. The van der Waals surface area contributed by atoms with E-state index < -0.39 is 11.5 Å². The normalized spacial score (nSPS) is 10.7. The van der Waals surface area contributed by atoms with Crippen molar-refractivity contribution in [2.24, 2.45) is 0 Å². The standard InChI is InChI=1S/C16H10Cl2N2O3/c17-11-5-10-6-12(16(22)23-14(10)13(18)7-11)15(21)20-8-9-1-3-19-4-2-9/h1-7H,8H2,(H,20,21). The number of amides is 1. The number of hydrogen-bond donors (Lipinski definition) is 1. The van der Waals surface area contributed by atoms with Crippen molar-refractivity contribution in [3.05, 3.63) is 74.3 Å². The van der Waals surface area contributed by atoms with E-state index in [9.17, 15) is 9.59 Å². The summed E-state index contributed by atoms with van der Waals surface area (Å²) in [4.78, 5) is 28.1. The first-order valence-electron chi connectivity index (χ1n) is 6.64. The highest BCUT2D eigenvalue weighted by Crippen LogP contribution is 2.27. The van der Waals surface area contributed by atoms with Crippen molar-refractivity contribution in [2.45, 2.75) is 6.54 Å². The number of fused-ring (bicyclic) bond motifs is 1. The van der Waals surface area contributed by atoms with Crippen LogP contribution in [0, 0.1) is 0 Å². The van der Waals surface area contributed by atoms with Gasteiger partial charge in [0.2, 0.25) is 0 Å². The SMILES string of the molecule is O=C(NCc1ccncc1)c1cc2cc(Cl)cc(Cl)c2oc1=O. The Morgan fingerprint density at radius 2 is 1.91 bits per heavy atom. The summed E-state index contributed by atoms with van der Waals surface area (Å²) in [7, 11) is 0. The zero-order valence-electron chi connectivity index (χ0n) is 11.7. The molecule has 23 heavy (non-hydrogen) atoms. The molecule has 0 aliphatic heterocycles. The van der Waals surface area contributed by atoms with Crippen molar-refractivity contribution in [1.82, 2.24) is 10.3 Å². The highest BCUT2D eigenvalue weighted by atomic mass is 35.5. The van der Waals surface area contributed by atoms with Crippen molar-refractivity contribution in [1.29, 1.82) is 0 Å². The first kappa shape index (κ1) is 15.5. The monoisotopic (exact) mass is 348 g/mol. The largest absolute Gasteiger partial charge is 0.421 e. The number of aromatic nitrogens is 1. The van der Waals surface area contributed by atoms with E-state index in [1.807, 2.05) is 0 Å². The van der Waals surface area contributed by atoms with Gasteiger partial charge in [0.1, 0.15) is 5.56 Å². The van der Waals surface area contributed by atoms with Gasteiger partial charge in [-0.15, -0.1) is 0 Å². The predicted octanol–water partition coefficient (Wildman–Crippen LogP) is 3.42. The molecule has 2 heterocycles. The van der Waals surface area contributed by atoms with Crippen LogP contribution in [0.1, 0.15) is 15.9 Å². The van der Waals surface area contributed by atoms with Crippen LogP contribution in [0.25, 0.3) is 11.0 Å². The Hall–Kier alpha value is -2.37. The first-order valence-corrected chi connectivity index (χ1v) is 7.40. The summed E-state index contributed by atoms with van der Waals surface area (Å²) >= 11 is 11.9. The summed E-state index contributed by atoms with van der Waals surface area (Å²) < 4.78 is 5.13. The lowest BCUT2D eigenvalue weighted by Crippen LogP contribution is -2.27. The molecule has 3 rings (SSSR count). The number of nitrogens with zero attached hydrogens (tertiary/aromatic N) is 1. The van der Waals surface area contributed by atoms with Crippen LogP contribution in [0.2, 0.25) is 10.0 Å². The van der Waals surface area contributed by atoms with E-state index in [-0.39, 0.29) is 22.7 Å².